The van der Waals surface area contributed by atoms with Crippen LogP contribution < -0.4 is 5.32 Å². The van der Waals surface area contributed by atoms with Gasteiger partial charge in [0, 0.05) is 6.04 Å². The molecule has 18 heavy (non-hydrogen) atoms. The third-order valence-corrected chi connectivity index (χ3v) is 4.70. The van der Waals surface area contributed by atoms with Gasteiger partial charge in [-0.2, -0.15) is 0 Å². The molecule has 0 aliphatic carbocycles. The summed E-state index contributed by atoms with van der Waals surface area (Å²) in [5.41, 5.74) is 0. The first-order valence-electron chi connectivity index (χ1n) is 8.07. The van der Waals surface area contributed by atoms with E-state index in [0.29, 0.717) is 0 Å². The summed E-state index contributed by atoms with van der Waals surface area (Å²) < 4.78 is 0. The maximum atomic E-state index is 3.78. The fraction of sp³-hybridized carbons (Fsp3) is 1.00. The highest BCUT2D eigenvalue weighted by Gasteiger charge is 2.17. The summed E-state index contributed by atoms with van der Waals surface area (Å²) in [6.45, 7) is 10.8. The molecule has 1 fully saturated rings. The van der Waals surface area contributed by atoms with Crippen molar-refractivity contribution in [3.63, 3.8) is 0 Å². The van der Waals surface area contributed by atoms with E-state index < -0.39 is 0 Å². The summed E-state index contributed by atoms with van der Waals surface area (Å²) in [6.07, 6.45) is 8.12. The highest BCUT2D eigenvalue weighted by molar-refractivity contribution is 4.73. The molecule has 2 atom stereocenters. The molecular weight excluding hydrogens is 220 g/mol. The molecule has 2 heteroatoms. The molecule has 108 valence electrons. The van der Waals surface area contributed by atoms with E-state index in [1.165, 1.54) is 58.2 Å². The number of rotatable bonds is 8. The first kappa shape index (κ1) is 16.0. The van der Waals surface area contributed by atoms with E-state index in [0.717, 1.165) is 17.9 Å². The predicted molar refractivity (Wildman–Crippen MR) is 81.0 cm³/mol. The molecule has 1 aliphatic rings. The normalized spacial score (nSPS) is 22.0. The van der Waals surface area contributed by atoms with Crippen LogP contribution >= 0.6 is 0 Å². The lowest BCUT2D eigenvalue weighted by atomic mass is 9.93. The molecule has 0 spiro atoms. The standard InChI is InChI=1S/C16H34N2/c1-5-14(3)13-16(6-2)17-10-7-15-8-11-18(4)12-9-15/h14-17H,5-13H2,1-4H3. The average Bonchev–Trinajstić information content (AvgIpc) is 2.39. The Kier molecular flexibility index (Phi) is 7.92. The molecule has 0 saturated carbocycles. The lowest BCUT2D eigenvalue weighted by Gasteiger charge is -2.29. The van der Waals surface area contributed by atoms with Crippen LogP contribution in [0.4, 0.5) is 0 Å². The minimum absolute atomic E-state index is 0.742. The fourth-order valence-electron chi connectivity index (χ4n) is 2.89. The Morgan fingerprint density at radius 1 is 1.17 bits per heavy atom. The smallest absolute Gasteiger partial charge is 0.00669 e. The molecular formula is C16H34N2. The van der Waals surface area contributed by atoms with Crippen molar-refractivity contribution in [3.05, 3.63) is 0 Å². The van der Waals surface area contributed by atoms with Crippen molar-refractivity contribution in [2.75, 3.05) is 26.7 Å². The monoisotopic (exact) mass is 254 g/mol. The predicted octanol–water partition coefficient (Wildman–Crippen LogP) is 3.52. The lowest BCUT2D eigenvalue weighted by molar-refractivity contribution is 0.209. The summed E-state index contributed by atoms with van der Waals surface area (Å²) in [7, 11) is 2.24. The summed E-state index contributed by atoms with van der Waals surface area (Å²) in [6, 6.07) is 0.742. The second-order valence-corrected chi connectivity index (χ2v) is 6.34. The summed E-state index contributed by atoms with van der Waals surface area (Å²) in [5, 5.41) is 3.78. The van der Waals surface area contributed by atoms with Gasteiger partial charge in [0.05, 0.1) is 0 Å². The van der Waals surface area contributed by atoms with E-state index in [4.69, 9.17) is 0 Å². The van der Waals surface area contributed by atoms with Crippen molar-refractivity contribution < 1.29 is 0 Å². The van der Waals surface area contributed by atoms with Gasteiger partial charge in [-0.3, -0.25) is 0 Å². The van der Waals surface area contributed by atoms with Gasteiger partial charge in [-0.15, -0.1) is 0 Å². The Morgan fingerprint density at radius 3 is 2.39 bits per heavy atom. The third kappa shape index (κ3) is 6.19. The Morgan fingerprint density at radius 2 is 1.83 bits per heavy atom. The number of piperidine rings is 1. The number of hydrogen-bond donors (Lipinski definition) is 1. The lowest BCUT2D eigenvalue weighted by Crippen LogP contribution is -2.34. The second-order valence-electron chi connectivity index (χ2n) is 6.34. The number of hydrogen-bond acceptors (Lipinski definition) is 2. The molecule has 2 unspecified atom stereocenters. The van der Waals surface area contributed by atoms with Gasteiger partial charge in [-0.05, 0) is 70.6 Å². The van der Waals surface area contributed by atoms with E-state index >= 15 is 0 Å². The molecule has 0 aromatic heterocycles. The van der Waals surface area contributed by atoms with Gasteiger partial charge in [0.25, 0.3) is 0 Å². The van der Waals surface area contributed by atoms with Crippen molar-refractivity contribution in [3.8, 4) is 0 Å². The summed E-state index contributed by atoms with van der Waals surface area (Å²) in [5.74, 6) is 1.83. The number of likely N-dealkylation sites (tertiary alicyclic amines) is 1. The number of nitrogens with one attached hydrogen (secondary N) is 1. The number of nitrogens with zero attached hydrogens (tertiary/aromatic N) is 1. The fourth-order valence-corrected chi connectivity index (χ4v) is 2.89. The minimum Gasteiger partial charge on any atom is -0.314 e. The van der Waals surface area contributed by atoms with Gasteiger partial charge in [0.2, 0.25) is 0 Å². The average molecular weight is 254 g/mol. The van der Waals surface area contributed by atoms with Gasteiger partial charge in [0.1, 0.15) is 0 Å². The van der Waals surface area contributed by atoms with E-state index in [1.807, 2.05) is 0 Å². The Bertz CT molecular complexity index is 197. The van der Waals surface area contributed by atoms with Crippen LogP contribution in [0.2, 0.25) is 0 Å². The van der Waals surface area contributed by atoms with E-state index in [-0.39, 0.29) is 0 Å². The van der Waals surface area contributed by atoms with Crippen molar-refractivity contribution >= 4 is 0 Å². The summed E-state index contributed by atoms with van der Waals surface area (Å²) >= 11 is 0. The Labute approximate surface area is 115 Å². The van der Waals surface area contributed by atoms with Gasteiger partial charge >= 0.3 is 0 Å². The van der Waals surface area contributed by atoms with Crippen LogP contribution in [0, 0.1) is 11.8 Å². The van der Waals surface area contributed by atoms with Crippen molar-refractivity contribution in [1.82, 2.24) is 10.2 Å². The molecule has 0 aromatic carbocycles. The summed E-state index contributed by atoms with van der Waals surface area (Å²) in [4.78, 5) is 2.46. The Hall–Kier alpha value is -0.0800. The van der Waals surface area contributed by atoms with Crippen molar-refractivity contribution in [2.24, 2.45) is 11.8 Å². The minimum atomic E-state index is 0.742. The quantitative estimate of drug-likeness (QED) is 0.713. The highest BCUT2D eigenvalue weighted by Crippen LogP contribution is 2.19. The van der Waals surface area contributed by atoms with Gasteiger partial charge in [-0.1, -0.05) is 27.2 Å². The zero-order valence-corrected chi connectivity index (χ0v) is 13.0. The van der Waals surface area contributed by atoms with Gasteiger partial charge < -0.3 is 10.2 Å². The molecule has 1 N–H and O–H groups in total. The van der Waals surface area contributed by atoms with Crippen molar-refractivity contribution in [1.29, 1.82) is 0 Å². The topological polar surface area (TPSA) is 15.3 Å². The van der Waals surface area contributed by atoms with Gasteiger partial charge in [-0.25, -0.2) is 0 Å². The Balaban J connectivity index is 2.11. The van der Waals surface area contributed by atoms with Crippen LogP contribution in [0.5, 0.6) is 0 Å². The molecule has 1 aliphatic heterocycles. The second kappa shape index (κ2) is 8.92. The van der Waals surface area contributed by atoms with Crippen LogP contribution in [-0.4, -0.2) is 37.6 Å². The van der Waals surface area contributed by atoms with Crippen LogP contribution in [0.25, 0.3) is 0 Å². The molecule has 1 saturated heterocycles. The van der Waals surface area contributed by atoms with Crippen LogP contribution in [0.1, 0.15) is 59.3 Å². The first-order chi connectivity index (χ1) is 8.65. The van der Waals surface area contributed by atoms with Gasteiger partial charge in [0.15, 0.2) is 0 Å². The SMILES string of the molecule is CCC(C)CC(CC)NCCC1CCN(C)CC1. The molecule has 0 bridgehead atoms. The van der Waals surface area contributed by atoms with E-state index in [9.17, 15) is 0 Å². The molecule has 2 nitrogen and oxygen atoms in total. The van der Waals surface area contributed by atoms with Crippen LogP contribution in [0.15, 0.2) is 0 Å². The molecule has 0 amide bonds. The molecule has 0 aromatic rings. The zero-order valence-electron chi connectivity index (χ0n) is 13.0. The maximum absolute atomic E-state index is 3.78. The first-order valence-corrected chi connectivity index (χ1v) is 8.07. The molecule has 1 rings (SSSR count). The van der Waals surface area contributed by atoms with E-state index in [1.54, 1.807) is 0 Å². The third-order valence-electron chi connectivity index (χ3n) is 4.70. The molecule has 0 radical (unpaired) electrons. The zero-order chi connectivity index (χ0) is 13.4. The van der Waals surface area contributed by atoms with E-state index in [2.05, 4.69) is 38.0 Å². The largest absolute Gasteiger partial charge is 0.314 e. The van der Waals surface area contributed by atoms with Crippen LogP contribution in [0.3, 0.4) is 0 Å². The van der Waals surface area contributed by atoms with Crippen molar-refractivity contribution in [2.45, 2.75) is 65.3 Å². The maximum Gasteiger partial charge on any atom is 0.00669 e. The molecule has 1 heterocycles. The van der Waals surface area contributed by atoms with Crippen LogP contribution in [-0.2, 0) is 0 Å². The highest BCUT2D eigenvalue weighted by atomic mass is 15.1.